The Morgan fingerprint density at radius 1 is 1.48 bits per heavy atom. The summed E-state index contributed by atoms with van der Waals surface area (Å²) in [5.74, 6) is -3.34. The van der Waals surface area contributed by atoms with E-state index in [-0.39, 0.29) is 29.3 Å². The van der Waals surface area contributed by atoms with E-state index in [0.29, 0.717) is 0 Å². The highest BCUT2D eigenvalue weighted by molar-refractivity contribution is 8.00. The molecule has 1 fully saturated rings. The van der Waals surface area contributed by atoms with Gasteiger partial charge in [-0.05, 0) is 0 Å². The van der Waals surface area contributed by atoms with E-state index in [9.17, 15) is 34.4 Å². The number of thioether (sulfide) groups is 1. The van der Waals surface area contributed by atoms with Gasteiger partial charge in [0.1, 0.15) is 29.9 Å². The third-order valence-electron chi connectivity index (χ3n) is 4.32. The van der Waals surface area contributed by atoms with E-state index in [0.717, 1.165) is 15.8 Å². The topological polar surface area (TPSA) is 174 Å². The van der Waals surface area contributed by atoms with Crippen LogP contribution in [-0.2, 0) is 26.2 Å². The van der Waals surface area contributed by atoms with Gasteiger partial charge in [-0.25, -0.2) is 4.79 Å². The number of esters is 1. The lowest BCUT2D eigenvalue weighted by Gasteiger charge is -2.49. The largest absolute Gasteiger partial charge is 0.477 e. The molecular weight excluding hydrogens is 410 g/mol. The molecule has 2 amide bonds. The maximum atomic E-state index is 12.5. The van der Waals surface area contributed by atoms with Gasteiger partial charge in [0, 0.05) is 25.3 Å². The number of carboxylic acids is 1. The van der Waals surface area contributed by atoms with Crippen molar-refractivity contribution in [3.05, 3.63) is 33.3 Å². The number of hydrogen-bond acceptors (Lipinski definition) is 9. The summed E-state index contributed by atoms with van der Waals surface area (Å²) in [5, 5.41) is 25.9. The minimum Gasteiger partial charge on any atom is -0.477 e. The van der Waals surface area contributed by atoms with Crippen LogP contribution in [0, 0.1) is 10.1 Å². The summed E-state index contributed by atoms with van der Waals surface area (Å²) in [6.07, 6.45) is 0.922. The van der Waals surface area contributed by atoms with Crippen LogP contribution in [0.1, 0.15) is 17.4 Å². The SMILES string of the molecule is CC(=O)OCC1=C(C(=O)O)N2C(=O)[C@@H](NC(=O)c3c([N+](=O)[O-])cnn3C)[C@@H]2SC1. The van der Waals surface area contributed by atoms with E-state index < -0.39 is 45.8 Å². The summed E-state index contributed by atoms with van der Waals surface area (Å²) < 4.78 is 5.86. The molecule has 0 spiro atoms. The van der Waals surface area contributed by atoms with Crippen LogP contribution in [-0.4, -0.2) is 72.2 Å². The summed E-state index contributed by atoms with van der Waals surface area (Å²) in [5.41, 5.74) is -0.877. The second-order valence-corrected chi connectivity index (χ2v) is 7.26. The summed E-state index contributed by atoms with van der Waals surface area (Å²) >= 11 is 1.18. The number of carbonyl (C=O) groups excluding carboxylic acids is 3. The van der Waals surface area contributed by atoms with Crippen LogP contribution in [0.3, 0.4) is 0 Å². The van der Waals surface area contributed by atoms with Crippen molar-refractivity contribution in [3.8, 4) is 0 Å². The van der Waals surface area contributed by atoms with Crippen molar-refractivity contribution in [2.45, 2.75) is 18.3 Å². The Labute approximate surface area is 166 Å². The second kappa shape index (κ2) is 7.54. The molecule has 13 nitrogen and oxygen atoms in total. The number of nitrogens with zero attached hydrogens (tertiary/aromatic N) is 4. The van der Waals surface area contributed by atoms with E-state index in [4.69, 9.17) is 4.74 Å². The van der Waals surface area contributed by atoms with Crippen LogP contribution in [0.5, 0.6) is 0 Å². The highest BCUT2D eigenvalue weighted by atomic mass is 32.2. The molecule has 0 radical (unpaired) electrons. The molecule has 1 aromatic heterocycles. The van der Waals surface area contributed by atoms with E-state index in [1.807, 2.05) is 0 Å². The number of aromatic nitrogens is 2. The van der Waals surface area contributed by atoms with Gasteiger partial charge < -0.3 is 15.2 Å². The van der Waals surface area contributed by atoms with Gasteiger partial charge in [-0.2, -0.15) is 5.10 Å². The molecule has 2 aliphatic heterocycles. The zero-order chi connectivity index (χ0) is 21.5. The van der Waals surface area contributed by atoms with Crippen LogP contribution in [0.15, 0.2) is 17.5 Å². The highest BCUT2D eigenvalue weighted by Gasteiger charge is 2.54. The third-order valence-corrected chi connectivity index (χ3v) is 5.66. The van der Waals surface area contributed by atoms with Crippen LogP contribution in [0.25, 0.3) is 0 Å². The average molecular weight is 425 g/mol. The van der Waals surface area contributed by atoms with Gasteiger partial charge in [-0.3, -0.25) is 34.1 Å². The molecule has 1 saturated heterocycles. The molecule has 0 aliphatic carbocycles. The Bertz CT molecular complexity index is 970. The number of nitro groups is 1. The number of fused-ring (bicyclic) bond motifs is 1. The first-order valence-corrected chi connectivity index (χ1v) is 9.19. The normalized spacial score (nSPS) is 20.6. The van der Waals surface area contributed by atoms with Crippen LogP contribution < -0.4 is 5.32 Å². The zero-order valence-corrected chi connectivity index (χ0v) is 16.0. The minimum absolute atomic E-state index is 0.168. The fraction of sp³-hybridized carbons (Fsp3) is 0.400. The Morgan fingerprint density at radius 3 is 2.76 bits per heavy atom. The monoisotopic (exact) mass is 425 g/mol. The van der Waals surface area contributed by atoms with Gasteiger partial charge in [0.05, 0.1) is 4.92 Å². The number of ether oxygens (including phenoxy) is 1. The Balaban J connectivity index is 1.80. The van der Waals surface area contributed by atoms with Crippen molar-refractivity contribution in [1.82, 2.24) is 20.0 Å². The highest BCUT2D eigenvalue weighted by Crippen LogP contribution is 2.40. The molecule has 0 bridgehead atoms. The third kappa shape index (κ3) is 3.53. The van der Waals surface area contributed by atoms with Gasteiger partial charge in [-0.15, -0.1) is 11.8 Å². The van der Waals surface area contributed by atoms with E-state index in [1.54, 1.807) is 0 Å². The van der Waals surface area contributed by atoms with E-state index >= 15 is 0 Å². The molecule has 3 heterocycles. The maximum Gasteiger partial charge on any atom is 0.352 e. The smallest absolute Gasteiger partial charge is 0.352 e. The Hall–Kier alpha value is -3.42. The van der Waals surface area contributed by atoms with Crippen molar-refractivity contribution < 1.29 is 33.9 Å². The summed E-state index contributed by atoms with van der Waals surface area (Å²) in [6.45, 7) is 0.913. The standard InChI is InChI=1S/C15H15N5O8S/c1-6(21)28-4-7-5-29-14-9(13(23)19(14)10(7)15(24)25)17-12(22)11-8(20(26)27)3-16-18(11)2/h3,9,14H,4-5H2,1-2H3,(H,17,22)(H,24,25)/t9-,14+/m1/s1. The van der Waals surface area contributed by atoms with E-state index in [2.05, 4.69) is 10.4 Å². The van der Waals surface area contributed by atoms with Gasteiger partial charge in [0.15, 0.2) is 0 Å². The predicted octanol–water partition coefficient (Wildman–Crippen LogP) is -0.756. The molecule has 0 aromatic carbocycles. The lowest BCUT2D eigenvalue weighted by molar-refractivity contribution is -0.385. The van der Waals surface area contributed by atoms with E-state index in [1.165, 1.54) is 25.7 Å². The van der Waals surface area contributed by atoms with Crippen molar-refractivity contribution >= 4 is 41.2 Å². The summed E-state index contributed by atoms with van der Waals surface area (Å²) in [6, 6.07) is -1.06. The average Bonchev–Trinajstić information content (AvgIpc) is 3.04. The number of amides is 2. The fourth-order valence-corrected chi connectivity index (χ4v) is 4.34. The quantitative estimate of drug-likeness (QED) is 0.255. The number of rotatable bonds is 6. The molecule has 154 valence electrons. The van der Waals surface area contributed by atoms with Crippen molar-refractivity contribution in [1.29, 1.82) is 0 Å². The second-order valence-electron chi connectivity index (χ2n) is 6.16. The first-order valence-electron chi connectivity index (χ1n) is 8.14. The number of β-lactam (4-membered cyclic amide) rings is 1. The van der Waals surface area contributed by atoms with Gasteiger partial charge in [0.25, 0.3) is 11.8 Å². The molecule has 3 rings (SSSR count). The summed E-state index contributed by atoms with van der Waals surface area (Å²) in [4.78, 5) is 59.0. The molecule has 2 aliphatic rings. The van der Waals surface area contributed by atoms with Crippen LogP contribution in [0.4, 0.5) is 5.69 Å². The van der Waals surface area contributed by atoms with Crippen LogP contribution >= 0.6 is 11.8 Å². The first-order chi connectivity index (χ1) is 13.6. The molecule has 2 N–H and O–H groups in total. The molecule has 1 aromatic rings. The molecule has 14 heteroatoms. The lowest BCUT2D eigenvalue weighted by atomic mass is 10.0. The number of hydrogen-bond donors (Lipinski definition) is 2. The maximum absolute atomic E-state index is 12.5. The summed E-state index contributed by atoms with van der Waals surface area (Å²) in [7, 11) is 1.35. The zero-order valence-electron chi connectivity index (χ0n) is 15.1. The number of aryl methyl sites for hydroxylation is 1. The number of aliphatic carboxylic acids is 1. The fourth-order valence-electron chi connectivity index (χ4n) is 3.02. The van der Waals surface area contributed by atoms with Gasteiger partial charge in [0.2, 0.25) is 5.69 Å². The van der Waals surface area contributed by atoms with Crippen molar-refractivity contribution in [3.63, 3.8) is 0 Å². The minimum atomic E-state index is -1.36. The molecule has 0 unspecified atom stereocenters. The Morgan fingerprint density at radius 2 is 2.17 bits per heavy atom. The molecular formula is C15H15N5O8S. The van der Waals surface area contributed by atoms with Crippen molar-refractivity contribution in [2.24, 2.45) is 7.05 Å². The molecule has 29 heavy (non-hydrogen) atoms. The number of nitrogens with one attached hydrogen (secondary N) is 1. The first kappa shape index (κ1) is 20.3. The molecule has 0 saturated carbocycles. The Kier molecular flexibility index (Phi) is 5.28. The van der Waals surface area contributed by atoms with Gasteiger partial charge >= 0.3 is 17.6 Å². The number of carboxylic acid groups (broad SMARTS) is 1. The predicted molar refractivity (Wildman–Crippen MR) is 95.5 cm³/mol. The lowest BCUT2D eigenvalue weighted by Crippen LogP contribution is -2.70. The number of carbonyl (C=O) groups is 4. The van der Waals surface area contributed by atoms with Crippen molar-refractivity contribution in [2.75, 3.05) is 12.4 Å². The molecule has 2 atom stereocenters. The van der Waals surface area contributed by atoms with Gasteiger partial charge in [-0.1, -0.05) is 0 Å². The van der Waals surface area contributed by atoms with Crippen LogP contribution in [0.2, 0.25) is 0 Å².